The molecule has 0 radical (unpaired) electrons. The zero-order valence-corrected chi connectivity index (χ0v) is 25.3. The molecule has 0 aliphatic carbocycles. The summed E-state index contributed by atoms with van der Waals surface area (Å²) in [6.45, 7) is 0. The summed E-state index contributed by atoms with van der Waals surface area (Å²) < 4.78 is 8.86. The van der Waals surface area contributed by atoms with Gasteiger partial charge in [-0.15, -0.1) is 0 Å². The maximum absolute atomic E-state index is 6.55. The van der Waals surface area contributed by atoms with Crippen LogP contribution in [0.4, 0.5) is 0 Å². The van der Waals surface area contributed by atoms with Gasteiger partial charge in [0.1, 0.15) is 16.9 Å². The minimum atomic E-state index is -0.618. The molecule has 0 unspecified atom stereocenters. The van der Waals surface area contributed by atoms with Gasteiger partial charge in [-0.25, -0.2) is 4.98 Å². The van der Waals surface area contributed by atoms with Crippen LogP contribution in [-0.4, -0.2) is 14.5 Å². The first-order valence-electron chi connectivity index (χ1n) is 15.9. The van der Waals surface area contributed by atoms with Crippen molar-refractivity contribution in [3.8, 4) is 28.3 Å². The first-order valence-corrected chi connectivity index (χ1v) is 15.9. The Bertz CT molecular complexity index is 2580. The Labute approximate surface area is 271 Å². The normalized spacial score (nSPS) is 13.3. The third kappa shape index (κ3) is 3.58. The van der Waals surface area contributed by atoms with Crippen LogP contribution in [0.5, 0.6) is 0 Å². The van der Waals surface area contributed by atoms with E-state index in [1.54, 1.807) is 0 Å². The summed E-state index contributed by atoms with van der Waals surface area (Å²) in [6, 6.07) is 55.9. The van der Waals surface area contributed by atoms with E-state index in [4.69, 9.17) is 14.4 Å². The van der Waals surface area contributed by atoms with Gasteiger partial charge in [0.25, 0.3) is 0 Å². The molecule has 0 spiro atoms. The first-order chi connectivity index (χ1) is 23.3. The van der Waals surface area contributed by atoms with Gasteiger partial charge >= 0.3 is 0 Å². The number of fused-ring (bicyclic) bond motifs is 5. The van der Waals surface area contributed by atoms with Gasteiger partial charge < -0.3 is 4.42 Å². The van der Waals surface area contributed by atoms with Crippen molar-refractivity contribution in [1.29, 1.82) is 0 Å². The molecule has 0 N–H and O–H groups in total. The van der Waals surface area contributed by atoms with Crippen molar-refractivity contribution in [2.45, 2.75) is 5.41 Å². The molecule has 1 aliphatic heterocycles. The van der Waals surface area contributed by atoms with Crippen molar-refractivity contribution in [1.82, 2.24) is 14.5 Å². The van der Waals surface area contributed by atoms with Crippen molar-refractivity contribution in [2.75, 3.05) is 0 Å². The van der Waals surface area contributed by atoms with E-state index in [-0.39, 0.29) is 0 Å². The molecule has 47 heavy (non-hydrogen) atoms. The Morgan fingerprint density at radius 3 is 2.09 bits per heavy atom. The molecular weight excluding hydrogens is 574 g/mol. The minimum Gasteiger partial charge on any atom is -0.455 e. The molecule has 4 nitrogen and oxygen atoms in total. The molecule has 0 fully saturated rings. The Morgan fingerprint density at radius 2 is 1.30 bits per heavy atom. The molecule has 4 heterocycles. The molecule has 3 aromatic heterocycles. The van der Waals surface area contributed by atoms with E-state index in [9.17, 15) is 0 Å². The van der Waals surface area contributed by atoms with Crippen LogP contribution in [0, 0.1) is 0 Å². The smallest absolute Gasteiger partial charge is 0.164 e. The molecule has 0 bridgehead atoms. The molecule has 10 rings (SSSR count). The zero-order chi connectivity index (χ0) is 31.0. The third-order valence-corrected chi connectivity index (χ3v) is 9.74. The predicted octanol–water partition coefficient (Wildman–Crippen LogP) is 10.3. The number of rotatable bonds is 4. The lowest BCUT2D eigenvalue weighted by Gasteiger charge is -2.41. The van der Waals surface area contributed by atoms with Gasteiger partial charge in [-0.2, -0.15) is 0 Å². The lowest BCUT2D eigenvalue weighted by molar-refractivity contribution is 0.670. The van der Waals surface area contributed by atoms with Crippen LogP contribution >= 0.6 is 0 Å². The molecule has 0 atom stereocenters. The number of furan rings is 1. The molecule has 4 heteroatoms. The van der Waals surface area contributed by atoms with Gasteiger partial charge in [-0.05, 0) is 64.2 Å². The topological polar surface area (TPSA) is 43.9 Å². The average Bonchev–Trinajstić information content (AvgIpc) is 3.73. The summed E-state index contributed by atoms with van der Waals surface area (Å²) in [5.74, 6) is 0.830. The van der Waals surface area contributed by atoms with E-state index in [2.05, 4.69) is 132 Å². The lowest BCUT2D eigenvalue weighted by atomic mass is 9.63. The fraction of sp³-hybridized carbons (Fsp3) is 0.0233. The maximum Gasteiger partial charge on any atom is 0.164 e. The number of aromatic nitrogens is 3. The van der Waals surface area contributed by atoms with Crippen LogP contribution in [0.3, 0.4) is 0 Å². The molecule has 0 amide bonds. The highest BCUT2D eigenvalue weighted by atomic mass is 16.3. The van der Waals surface area contributed by atoms with Gasteiger partial charge in [0, 0.05) is 22.5 Å². The standard InChI is InChI=1S/C43H27N3O/c1-3-13-29(14-4-1)43(30-15-5-2-6-16-30)34-20-12-22-36-40(34)46(42(45-36)37-21-9-10-26-44-37)38-25-24-28(27-35(38)43)31-18-11-19-33-32-17-7-8-23-39(32)47-41(31)33/h1-27H. The van der Waals surface area contributed by atoms with Crippen LogP contribution in [-0.2, 0) is 5.41 Å². The summed E-state index contributed by atoms with van der Waals surface area (Å²) in [4.78, 5) is 9.99. The van der Waals surface area contributed by atoms with E-state index < -0.39 is 5.41 Å². The molecule has 9 aromatic rings. The highest BCUT2D eigenvalue weighted by Crippen LogP contribution is 2.54. The number of pyridine rings is 1. The molecule has 220 valence electrons. The van der Waals surface area contributed by atoms with E-state index in [0.717, 1.165) is 61.3 Å². The van der Waals surface area contributed by atoms with E-state index >= 15 is 0 Å². The molecule has 0 saturated carbocycles. The van der Waals surface area contributed by atoms with Gasteiger partial charge in [-0.1, -0.05) is 121 Å². The Morgan fingerprint density at radius 1 is 0.574 bits per heavy atom. The van der Waals surface area contributed by atoms with Crippen molar-refractivity contribution in [3.05, 3.63) is 186 Å². The van der Waals surface area contributed by atoms with Gasteiger partial charge in [0.2, 0.25) is 0 Å². The zero-order valence-electron chi connectivity index (χ0n) is 25.3. The number of para-hydroxylation sites is 3. The molecule has 0 saturated heterocycles. The number of hydrogen-bond donors (Lipinski definition) is 0. The number of nitrogens with zero attached hydrogens (tertiary/aromatic N) is 3. The van der Waals surface area contributed by atoms with Crippen LogP contribution in [0.25, 0.3) is 61.3 Å². The highest BCUT2D eigenvalue weighted by molar-refractivity contribution is 6.09. The largest absolute Gasteiger partial charge is 0.455 e. The van der Waals surface area contributed by atoms with Crippen LogP contribution < -0.4 is 0 Å². The van der Waals surface area contributed by atoms with Gasteiger partial charge in [0.05, 0.1) is 22.1 Å². The monoisotopic (exact) mass is 601 g/mol. The Balaban J connectivity index is 1.37. The van der Waals surface area contributed by atoms with Crippen molar-refractivity contribution >= 4 is 33.0 Å². The van der Waals surface area contributed by atoms with E-state index in [1.807, 2.05) is 36.5 Å². The van der Waals surface area contributed by atoms with Crippen LogP contribution in [0.15, 0.2) is 168 Å². The summed E-state index contributed by atoms with van der Waals surface area (Å²) >= 11 is 0. The highest BCUT2D eigenvalue weighted by Gasteiger charge is 2.45. The summed E-state index contributed by atoms with van der Waals surface area (Å²) in [7, 11) is 0. The second-order valence-electron chi connectivity index (χ2n) is 12.2. The molecular formula is C43H27N3O. The molecule has 1 aliphatic rings. The van der Waals surface area contributed by atoms with Gasteiger partial charge in [0.15, 0.2) is 5.82 Å². The summed E-state index contributed by atoms with van der Waals surface area (Å²) in [5.41, 5.74) is 12.1. The van der Waals surface area contributed by atoms with Crippen LogP contribution in [0.2, 0.25) is 0 Å². The third-order valence-electron chi connectivity index (χ3n) is 9.74. The second-order valence-corrected chi connectivity index (χ2v) is 12.2. The van der Waals surface area contributed by atoms with E-state index in [0.29, 0.717) is 0 Å². The molecule has 6 aromatic carbocycles. The van der Waals surface area contributed by atoms with Gasteiger partial charge in [-0.3, -0.25) is 9.55 Å². The fourth-order valence-electron chi connectivity index (χ4n) is 7.81. The SMILES string of the molecule is c1ccc(C2(c3ccccc3)c3cc(-c4cccc5c4oc4ccccc45)ccc3-n3c(-c4ccccn4)nc4cccc2c43)cc1. The second kappa shape index (κ2) is 9.87. The van der Waals surface area contributed by atoms with Crippen molar-refractivity contribution in [2.24, 2.45) is 0 Å². The minimum absolute atomic E-state index is 0.618. The Kier molecular flexibility index (Phi) is 5.46. The Hall–Kier alpha value is -6.26. The predicted molar refractivity (Wildman–Crippen MR) is 189 cm³/mol. The summed E-state index contributed by atoms with van der Waals surface area (Å²) in [6.07, 6.45) is 1.84. The first kappa shape index (κ1) is 26.0. The maximum atomic E-state index is 6.55. The summed E-state index contributed by atoms with van der Waals surface area (Å²) in [5, 5.41) is 2.24. The quantitative estimate of drug-likeness (QED) is 0.202. The van der Waals surface area contributed by atoms with E-state index in [1.165, 1.54) is 22.3 Å². The number of imidazole rings is 1. The number of benzene rings is 6. The van der Waals surface area contributed by atoms with Crippen LogP contribution in [0.1, 0.15) is 22.3 Å². The lowest BCUT2D eigenvalue weighted by Crippen LogP contribution is -2.35. The van der Waals surface area contributed by atoms with Crippen molar-refractivity contribution < 1.29 is 4.42 Å². The average molecular weight is 602 g/mol. The van der Waals surface area contributed by atoms with Crippen molar-refractivity contribution in [3.63, 3.8) is 0 Å². The fourth-order valence-corrected chi connectivity index (χ4v) is 7.81. The number of hydrogen-bond acceptors (Lipinski definition) is 3.